The Kier molecular flexibility index (Phi) is 3.02. The van der Waals surface area contributed by atoms with Gasteiger partial charge in [0, 0.05) is 38.5 Å². The van der Waals surface area contributed by atoms with Crippen molar-refractivity contribution in [3.8, 4) is 0 Å². The molecule has 0 bridgehead atoms. The van der Waals surface area contributed by atoms with Gasteiger partial charge in [0.2, 0.25) is 0 Å². The quantitative estimate of drug-likeness (QED) is 0.701. The number of nitrogens with one attached hydrogen (secondary N) is 1. The molecule has 2 aliphatic rings. The van der Waals surface area contributed by atoms with E-state index in [4.69, 9.17) is 0 Å². The molecule has 4 heteroatoms. The van der Waals surface area contributed by atoms with E-state index < -0.39 is 5.92 Å². The topological polar surface area (TPSA) is 25.2 Å². The molecule has 2 heterocycles. The number of rotatable bonds is 4. The Morgan fingerprint density at radius 3 is 2.50 bits per heavy atom. The lowest BCUT2D eigenvalue weighted by Crippen LogP contribution is -2.39. The van der Waals surface area contributed by atoms with Crippen molar-refractivity contribution in [2.24, 2.45) is 0 Å². The van der Waals surface area contributed by atoms with Crippen LogP contribution >= 0.6 is 0 Å². The minimum absolute atomic E-state index is 0.0503. The number of likely N-dealkylation sites (tertiary alicyclic amines) is 1. The van der Waals surface area contributed by atoms with Gasteiger partial charge in [0.05, 0.1) is 0 Å². The molecule has 1 atom stereocenters. The van der Waals surface area contributed by atoms with E-state index in [1.807, 2.05) is 0 Å². The minimum Gasteiger partial charge on any atom is -0.311 e. The lowest BCUT2D eigenvalue weighted by molar-refractivity contribution is -0.0552. The Morgan fingerprint density at radius 2 is 1.93 bits per heavy atom. The highest BCUT2D eigenvalue weighted by molar-refractivity contribution is 4.83. The molecule has 1 N–H and O–H groups in total. The van der Waals surface area contributed by atoms with Gasteiger partial charge < -0.3 is 10.2 Å². The van der Waals surface area contributed by atoms with Crippen LogP contribution in [0.2, 0.25) is 0 Å². The summed E-state index contributed by atoms with van der Waals surface area (Å²) < 4.78 is 25.6. The van der Waals surface area contributed by atoms with E-state index in [0.29, 0.717) is 13.1 Å². The molecular formula is C10H18F2N2. The summed E-state index contributed by atoms with van der Waals surface area (Å²) in [5.41, 5.74) is 0. The lowest BCUT2D eigenvalue weighted by atomic mass is 10.1. The van der Waals surface area contributed by atoms with Crippen LogP contribution in [0.15, 0.2) is 0 Å². The number of nitrogens with zero attached hydrogens (tertiary/aromatic N) is 1. The summed E-state index contributed by atoms with van der Waals surface area (Å²) >= 11 is 0. The molecule has 82 valence electrons. The van der Waals surface area contributed by atoms with Gasteiger partial charge in [-0.3, -0.25) is 0 Å². The first kappa shape index (κ1) is 10.3. The van der Waals surface area contributed by atoms with Crippen molar-refractivity contribution in [3.05, 3.63) is 0 Å². The summed E-state index contributed by atoms with van der Waals surface area (Å²) in [6, 6.07) is 0.723. The Bertz CT molecular complexity index is 183. The zero-order valence-corrected chi connectivity index (χ0v) is 8.44. The maximum absolute atomic E-state index is 12.8. The summed E-state index contributed by atoms with van der Waals surface area (Å²) in [7, 11) is 0. The molecule has 0 aromatic heterocycles. The predicted octanol–water partition coefficient (Wildman–Crippen LogP) is 1.47. The van der Waals surface area contributed by atoms with Gasteiger partial charge in [0.1, 0.15) is 0 Å². The van der Waals surface area contributed by atoms with Gasteiger partial charge in [-0.2, -0.15) is 0 Å². The number of hydrogen-bond acceptors (Lipinski definition) is 2. The van der Waals surface area contributed by atoms with Crippen LogP contribution in [0.25, 0.3) is 0 Å². The molecule has 0 amide bonds. The molecule has 14 heavy (non-hydrogen) atoms. The molecule has 2 rings (SSSR count). The van der Waals surface area contributed by atoms with Crippen LogP contribution in [0.4, 0.5) is 8.78 Å². The van der Waals surface area contributed by atoms with E-state index in [1.165, 1.54) is 6.42 Å². The number of hydrogen-bond donors (Lipinski definition) is 1. The molecule has 2 fully saturated rings. The third-order valence-electron chi connectivity index (χ3n) is 3.11. The minimum atomic E-state index is -2.39. The molecule has 2 aliphatic heterocycles. The average molecular weight is 204 g/mol. The zero-order valence-electron chi connectivity index (χ0n) is 8.44. The largest absolute Gasteiger partial charge is 0.311 e. The third kappa shape index (κ3) is 3.17. The summed E-state index contributed by atoms with van der Waals surface area (Å²) in [6.45, 7) is 3.29. The van der Waals surface area contributed by atoms with Crippen molar-refractivity contribution in [1.29, 1.82) is 0 Å². The first-order valence-electron chi connectivity index (χ1n) is 5.49. The monoisotopic (exact) mass is 204 g/mol. The van der Waals surface area contributed by atoms with Crippen molar-refractivity contribution in [3.63, 3.8) is 0 Å². The molecule has 1 unspecified atom stereocenters. The van der Waals surface area contributed by atoms with Crippen LogP contribution in [0.1, 0.15) is 25.7 Å². The van der Waals surface area contributed by atoms with Crippen LogP contribution in [0, 0.1) is 0 Å². The van der Waals surface area contributed by atoms with Gasteiger partial charge in [-0.25, -0.2) is 8.78 Å². The molecule has 0 aromatic carbocycles. The van der Waals surface area contributed by atoms with E-state index in [9.17, 15) is 8.78 Å². The normalized spacial score (nSPS) is 31.7. The lowest BCUT2D eigenvalue weighted by Gasteiger charge is -2.31. The highest BCUT2D eigenvalue weighted by atomic mass is 19.3. The Morgan fingerprint density at radius 1 is 1.29 bits per heavy atom. The van der Waals surface area contributed by atoms with E-state index in [-0.39, 0.29) is 12.8 Å². The summed E-state index contributed by atoms with van der Waals surface area (Å²) in [6.07, 6.45) is 2.44. The first-order valence-corrected chi connectivity index (χ1v) is 5.49. The van der Waals surface area contributed by atoms with Crippen molar-refractivity contribution >= 4 is 0 Å². The van der Waals surface area contributed by atoms with Gasteiger partial charge in [0.25, 0.3) is 5.92 Å². The smallest absolute Gasteiger partial charge is 0.250 e. The second-order valence-corrected chi connectivity index (χ2v) is 4.44. The maximum Gasteiger partial charge on any atom is 0.250 e. The summed E-state index contributed by atoms with van der Waals surface area (Å²) in [5.74, 6) is -2.39. The number of piperidine rings is 1. The van der Waals surface area contributed by atoms with Crippen LogP contribution in [-0.4, -0.2) is 43.0 Å². The van der Waals surface area contributed by atoms with E-state index in [0.717, 1.165) is 25.6 Å². The highest BCUT2D eigenvalue weighted by Crippen LogP contribution is 2.27. The van der Waals surface area contributed by atoms with E-state index >= 15 is 0 Å². The van der Waals surface area contributed by atoms with E-state index in [1.54, 1.807) is 0 Å². The second kappa shape index (κ2) is 4.11. The molecule has 0 saturated carbocycles. The van der Waals surface area contributed by atoms with Gasteiger partial charge in [-0.15, -0.1) is 0 Å². The standard InChI is InChI=1S/C10H18F2N2/c11-10(12)3-6-14(7-4-10)5-1-2-9-8-13-9/h9,13H,1-8H2. The summed E-state index contributed by atoms with van der Waals surface area (Å²) in [5, 5.41) is 3.25. The fourth-order valence-electron chi connectivity index (χ4n) is 1.95. The van der Waals surface area contributed by atoms with Crippen molar-refractivity contribution in [2.45, 2.75) is 37.6 Å². The van der Waals surface area contributed by atoms with Crippen LogP contribution in [0.5, 0.6) is 0 Å². The predicted molar refractivity (Wildman–Crippen MR) is 51.6 cm³/mol. The molecule has 2 saturated heterocycles. The van der Waals surface area contributed by atoms with Crippen molar-refractivity contribution < 1.29 is 8.78 Å². The van der Waals surface area contributed by atoms with Crippen LogP contribution < -0.4 is 5.32 Å². The van der Waals surface area contributed by atoms with E-state index in [2.05, 4.69) is 10.2 Å². The first-order chi connectivity index (χ1) is 6.66. The fourth-order valence-corrected chi connectivity index (χ4v) is 1.95. The van der Waals surface area contributed by atoms with Gasteiger partial charge in [-0.1, -0.05) is 0 Å². The number of alkyl halides is 2. The highest BCUT2D eigenvalue weighted by Gasteiger charge is 2.33. The zero-order chi connectivity index (χ0) is 10.0. The molecular weight excluding hydrogens is 186 g/mol. The third-order valence-corrected chi connectivity index (χ3v) is 3.11. The Balaban J connectivity index is 1.58. The Labute approximate surface area is 83.7 Å². The number of halogens is 2. The SMILES string of the molecule is FC1(F)CCN(CCCC2CN2)CC1. The molecule has 2 nitrogen and oxygen atoms in total. The Hall–Kier alpha value is -0.220. The van der Waals surface area contributed by atoms with Gasteiger partial charge in [-0.05, 0) is 19.4 Å². The van der Waals surface area contributed by atoms with Crippen LogP contribution in [-0.2, 0) is 0 Å². The van der Waals surface area contributed by atoms with Gasteiger partial charge >= 0.3 is 0 Å². The molecule has 0 aliphatic carbocycles. The van der Waals surface area contributed by atoms with Crippen LogP contribution in [0.3, 0.4) is 0 Å². The average Bonchev–Trinajstić information content (AvgIpc) is 2.92. The van der Waals surface area contributed by atoms with Gasteiger partial charge in [0.15, 0.2) is 0 Å². The summed E-state index contributed by atoms with van der Waals surface area (Å²) in [4.78, 5) is 2.17. The molecule has 0 spiro atoms. The van der Waals surface area contributed by atoms with Crippen molar-refractivity contribution in [2.75, 3.05) is 26.2 Å². The molecule has 0 radical (unpaired) electrons. The molecule has 0 aromatic rings. The maximum atomic E-state index is 12.8. The fraction of sp³-hybridized carbons (Fsp3) is 1.00. The van der Waals surface area contributed by atoms with Crippen molar-refractivity contribution in [1.82, 2.24) is 10.2 Å². The second-order valence-electron chi connectivity index (χ2n) is 4.44.